The number of nitrogens with zero attached hydrogens (tertiary/aromatic N) is 4. The van der Waals surface area contributed by atoms with Crippen LogP contribution in [0.1, 0.15) is 44.6 Å². The number of fused-ring (bicyclic) bond motifs is 2. The summed E-state index contributed by atoms with van der Waals surface area (Å²) in [5, 5.41) is 15.5. The minimum Gasteiger partial charge on any atom is -0.487 e. The zero-order valence-electron chi connectivity index (χ0n) is 17.2. The average Bonchev–Trinajstić information content (AvgIpc) is 3.10. The van der Waals surface area contributed by atoms with Crippen LogP contribution >= 0.6 is 0 Å². The number of guanidine groups is 1. The number of rotatable bonds is 5. The molecule has 7 nitrogen and oxygen atoms in total. The van der Waals surface area contributed by atoms with Crippen LogP contribution in [0.15, 0.2) is 53.7 Å². The summed E-state index contributed by atoms with van der Waals surface area (Å²) in [5.74, 6) is 2.66. The van der Waals surface area contributed by atoms with Crippen molar-refractivity contribution in [1.82, 2.24) is 25.2 Å². The summed E-state index contributed by atoms with van der Waals surface area (Å²) in [6, 6.07) is 14.3. The number of hydrogen-bond donors (Lipinski definition) is 2. The lowest BCUT2D eigenvalue weighted by Crippen LogP contribution is -2.45. The van der Waals surface area contributed by atoms with Gasteiger partial charge < -0.3 is 15.4 Å². The van der Waals surface area contributed by atoms with Gasteiger partial charge in [-0.3, -0.25) is 9.39 Å². The number of aromatic nitrogens is 3. The van der Waals surface area contributed by atoms with E-state index < -0.39 is 0 Å². The molecule has 1 unspecified atom stereocenters. The molecule has 1 aliphatic heterocycles. The summed E-state index contributed by atoms with van der Waals surface area (Å²) in [4.78, 5) is 4.78. The molecule has 7 heteroatoms. The van der Waals surface area contributed by atoms with Gasteiger partial charge in [0.15, 0.2) is 11.6 Å². The predicted octanol–water partition coefficient (Wildman–Crippen LogP) is 3.13. The lowest BCUT2D eigenvalue weighted by Gasteiger charge is -2.38. The molecule has 1 atom stereocenters. The molecule has 3 heterocycles. The Labute approximate surface area is 171 Å². The van der Waals surface area contributed by atoms with Crippen LogP contribution in [-0.4, -0.2) is 39.2 Å². The van der Waals surface area contributed by atoms with Crippen LogP contribution in [0.25, 0.3) is 5.65 Å². The highest BCUT2D eigenvalue weighted by Gasteiger charge is 2.33. The standard InChI is InChI=1S/C22H28N6O/c1-4-23-21(24-13-12-20-27-26-19-11-7-8-14-28(19)20)25-17-15-22(2,3)29-18-10-6-5-9-16(17)18/h5-11,14,17H,4,12-13,15H2,1-3H3,(H2,23,24,25). The Morgan fingerprint density at radius 1 is 1.21 bits per heavy atom. The van der Waals surface area contributed by atoms with E-state index in [9.17, 15) is 0 Å². The van der Waals surface area contributed by atoms with Crippen LogP contribution in [-0.2, 0) is 6.42 Å². The van der Waals surface area contributed by atoms with Gasteiger partial charge in [-0.05, 0) is 39.0 Å². The molecule has 3 aromatic rings. The number of hydrogen-bond acceptors (Lipinski definition) is 4. The Morgan fingerprint density at radius 3 is 2.90 bits per heavy atom. The maximum Gasteiger partial charge on any atom is 0.191 e. The molecular weight excluding hydrogens is 364 g/mol. The quantitative estimate of drug-likeness (QED) is 0.515. The second-order valence-electron chi connectivity index (χ2n) is 7.86. The molecule has 29 heavy (non-hydrogen) atoms. The van der Waals surface area contributed by atoms with Crippen LogP contribution in [0.4, 0.5) is 0 Å². The molecule has 1 aliphatic rings. The normalized spacial score (nSPS) is 18.2. The fourth-order valence-electron chi connectivity index (χ4n) is 3.75. The number of pyridine rings is 1. The lowest BCUT2D eigenvalue weighted by molar-refractivity contribution is 0.0694. The van der Waals surface area contributed by atoms with Crippen molar-refractivity contribution >= 4 is 11.6 Å². The molecule has 152 valence electrons. The molecule has 0 bridgehead atoms. The molecule has 0 aliphatic carbocycles. The molecule has 0 spiro atoms. The van der Waals surface area contributed by atoms with Gasteiger partial charge >= 0.3 is 0 Å². The van der Waals surface area contributed by atoms with Gasteiger partial charge in [-0.15, -0.1) is 10.2 Å². The van der Waals surface area contributed by atoms with Gasteiger partial charge in [-0.1, -0.05) is 24.3 Å². The first-order valence-corrected chi connectivity index (χ1v) is 10.2. The fourth-order valence-corrected chi connectivity index (χ4v) is 3.75. The van der Waals surface area contributed by atoms with Crippen molar-refractivity contribution in [1.29, 1.82) is 0 Å². The van der Waals surface area contributed by atoms with Crippen molar-refractivity contribution in [3.8, 4) is 5.75 Å². The Hall–Kier alpha value is -3.09. The van der Waals surface area contributed by atoms with E-state index in [1.54, 1.807) is 0 Å². The molecule has 0 fully saturated rings. The van der Waals surface area contributed by atoms with E-state index in [4.69, 9.17) is 9.73 Å². The third kappa shape index (κ3) is 4.34. The maximum absolute atomic E-state index is 6.14. The van der Waals surface area contributed by atoms with E-state index in [-0.39, 0.29) is 11.6 Å². The Bertz CT molecular complexity index is 1010. The zero-order valence-corrected chi connectivity index (χ0v) is 17.2. The summed E-state index contributed by atoms with van der Waals surface area (Å²) < 4.78 is 8.15. The number of ether oxygens (including phenoxy) is 1. The number of aliphatic imine (C=N–C) groups is 1. The molecule has 2 N–H and O–H groups in total. The minimum atomic E-state index is -0.232. The first-order chi connectivity index (χ1) is 14.1. The highest BCUT2D eigenvalue weighted by Crippen LogP contribution is 2.39. The highest BCUT2D eigenvalue weighted by molar-refractivity contribution is 5.80. The minimum absolute atomic E-state index is 0.140. The van der Waals surface area contributed by atoms with Crippen molar-refractivity contribution in [2.24, 2.45) is 4.99 Å². The zero-order chi connectivity index (χ0) is 20.3. The van der Waals surface area contributed by atoms with Crippen LogP contribution < -0.4 is 15.4 Å². The summed E-state index contributed by atoms with van der Waals surface area (Å²) in [6.07, 6.45) is 3.57. The van der Waals surface area contributed by atoms with Gasteiger partial charge in [0, 0.05) is 37.7 Å². The maximum atomic E-state index is 6.14. The fraction of sp³-hybridized carbons (Fsp3) is 0.409. The number of para-hydroxylation sites is 1. The van der Waals surface area contributed by atoms with Crippen LogP contribution in [0.5, 0.6) is 5.75 Å². The SMILES string of the molecule is CCNC(=NCCc1nnc2ccccn12)NC1CC(C)(C)Oc2ccccc21. The van der Waals surface area contributed by atoms with Crippen LogP contribution in [0.2, 0.25) is 0 Å². The van der Waals surface area contributed by atoms with Gasteiger partial charge in [0.05, 0.1) is 6.04 Å². The van der Waals surface area contributed by atoms with Crippen molar-refractivity contribution < 1.29 is 4.74 Å². The molecule has 0 amide bonds. The lowest BCUT2D eigenvalue weighted by atomic mass is 9.90. The van der Waals surface area contributed by atoms with Crippen LogP contribution in [0, 0.1) is 0 Å². The molecule has 0 saturated carbocycles. The van der Waals surface area contributed by atoms with E-state index in [1.807, 2.05) is 40.9 Å². The molecule has 2 aromatic heterocycles. The summed E-state index contributed by atoms with van der Waals surface area (Å²) >= 11 is 0. The molecule has 0 saturated heterocycles. The Balaban J connectivity index is 1.49. The van der Waals surface area contributed by atoms with Gasteiger partial charge in [-0.25, -0.2) is 0 Å². The molecule has 0 radical (unpaired) electrons. The number of benzene rings is 1. The Kier molecular flexibility index (Phi) is 5.38. The topological polar surface area (TPSA) is 75.8 Å². The molecule has 1 aromatic carbocycles. The summed E-state index contributed by atoms with van der Waals surface area (Å²) in [7, 11) is 0. The molecular formula is C22H28N6O. The second kappa shape index (κ2) is 8.11. The monoisotopic (exact) mass is 392 g/mol. The van der Waals surface area contributed by atoms with E-state index in [1.165, 1.54) is 5.56 Å². The first-order valence-electron chi connectivity index (χ1n) is 10.2. The van der Waals surface area contributed by atoms with E-state index in [0.29, 0.717) is 6.54 Å². The van der Waals surface area contributed by atoms with Gasteiger partial charge in [0.25, 0.3) is 0 Å². The van der Waals surface area contributed by atoms with Crippen molar-refractivity contribution in [2.45, 2.75) is 45.3 Å². The third-order valence-electron chi connectivity index (χ3n) is 5.02. The van der Waals surface area contributed by atoms with E-state index >= 15 is 0 Å². The predicted molar refractivity (Wildman–Crippen MR) is 114 cm³/mol. The van der Waals surface area contributed by atoms with E-state index in [2.05, 4.69) is 53.7 Å². The largest absolute Gasteiger partial charge is 0.487 e. The molecule has 4 rings (SSSR count). The van der Waals surface area contributed by atoms with E-state index in [0.717, 1.165) is 42.6 Å². The average molecular weight is 393 g/mol. The second-order valence-corrected chi connectivity index (χ2v) is 7.86. The van der Waals surface area contributed by atoms with Crippen molar-refractivity contribution in [3.05, 3.63) is 60.0 Å². The van der Waals surface area contributed by atoms with Crippen molar-refractivity contribution in [3.63, 3.8) is 0 Å². The van der Waals surface area contributed by atoms with Gasteiger partial charge in [0.1, 0.15) is 17.2 Å². The smallest absolute Gasteiger partial charge is 0.191 e. The first kappa shape index (κ1) is 19.2. The third-order valence-corrected chi connectivity index (χ3v) is 5.02. The van der Waals surface area contributed by atoms with Crippen LogP contribution in [0.3, 0.4) is 0 Å². The highest BCUT2D eigenvalue weighted by atomic mass is 16.5. The summed E-state index contributed by atoms with van der Waals surface area (Å²) in [5.41, 5.74) is 1.79. The number of nitrogens with one attached hydrogen (secondary N) is 2. The van der Waals surface area contributed by atoms with Gasteiger partial charge in [0.2, 0.25) is 0 Å². The van der Waals surface area contributed by atoms with Gasteiger partial charge in [-0.2, -0.15) is 0 Å². The Morgan fingerprint density at radius 2 is 2.03 bits per heavy atom. The summed E-state index contributed by atoms with van der Waals surface area (Å²) in [6.45, 7) is 7.74. The van der Waals surface area contributed by atoms with Crippen molar-refractivity contribution in [2.75, 3.05) is 13.1 Å².